The minimum absolute atomic E-state index is 0.187. The van der Waals surface area contributed by atoms with Crippen LogP contribution in [0.3, 0.4) is 0 Å². The highest BCUT2D eigenvalue weighted by Crippen LogP contribution is 2.50. The van der Waals surface area contributed by atoms with E-state index in [1.807, 2.05) is 4.90 Å². The van der Waals surface area contributed by atoms with E-state index in [2.05, 4.69) is 15.2 Å². The van der Waals surface area contributed by atoms with Gasteiger partial charge in [0.1, 0.15) is 17.5 Å². The van der Waals surface area contributed by atoms with E-state index in [0.29, 0.717) is 48.8 Å². The molecule has 2 aromatic carbocycles. The number of carbonyl (C=O) groups excluding carboxylic acids is 2. The summed E-state index contributed by atoms with van der Waals surface area (Å²) in [4.78, 5) is 56.6. The molecule has 2 amide bonds. The number of carboxylic acids is 1. The third kappa shape index (κ3) is 5.30. The van der Waals surface area contributed by atoms with Gasteiger partial charge in [-0.2, -0.15) is 0 Å². The quantitative estimate of drug-likeness (QED) is 0.359. The number of nitrogens with zero attached hydrogens (tertiary/aromatic N) is 3. The third-order valence-electron chi connectivity index (χ3n) is 8.22. The fourth-order valence-electron chi connectivity index (χ4n) is 5.92. The van der Waals surface area contributed by atoms with Gasteiger partial charge in [0.25, 0.3) is 0 Å². The van der Waals surface area contributed by atoms with Crippen molar-refractivity contribution in [3.63, 3.8) is 0 Å². The van der Waals surface area contributed by atoms with E-state index in [1.165, 1.54) is 31.2 Å². The molecule has 3 aromatic rings. The molecule has 3 aliphatic rings. The maximum absolute atomic E-state index is 15.4. The van der Waals surface area contributed by atoms with Crippen LogP contribution in [0.1, 0.15) is 41.6 Å². The van der Waals surface area contributed by atoms with E-state index in [-0.39, 0.29) is 35.9 Å². The predicted octanol–water partition coefficient (Wildman–Crippen LogP) is 3.04. The minimum atomic E-state index is -1.29. The average molecular weight is 594 g/mol. The predicted molar refractivity (Wildman–Crippen MR) is 157 cm³/mol. The molecule has 3 N–H and O–H groups in total. The molecule has 43 heavy (non-hydrogen) atoms. The Morgan fingerprint density at radius 3 is 2.49 bits per heavy atom. The number of rotatable bonds is 8. The monoisotopic (exact) mass is 593 g/mol. The number of anilines is 3. The molecule has 1 aliphatic carbocycles. The Morgan fingerprint density at radius 1 is 1.14 bits per heavy atom. The molecule has 3 fully saturated rings. The van der Waals surface area contributed by atoms with E-state index in [9.17, 15) is 24.3 Å². The van der Waals surface area contributed by atoms with Crippen LogP contribution in [0, 0.1) is 5.82 Å². The van der Waals surface area contributed by atoms with Gasteiger partial charge in [0.15, 0.2) is 5.75 Å². The molecule has 12 nitrogen and oxygen atoms in total. The number of piperazine rings is 1. The lowest BCUT2D eigenvalue weighted by Crippen LogP contribution is -2.47. The number of benzene rings is 2. The van der Waals surface area contributed by atoms with Crippen molar-refractivity contribution in [3.05, 3.63) is 57.6 Å². The smallest absolute Gasteiger partial charge is 0.414 e. The number of aromatic nitrogens is 1. The van der Waals surface area contributed by atoms with Crippen LogP contribution in [0.15, 0.2) is 35.3 Å². The largest absolute Gasteiger partial charge is 0.492 e. The molecule has 0 spiro atoms. The van der Waals surface area contributed by atoms with Crippen molar-refractivity contribution in [2.75, 3.05) is 61.1 Å². The molecule has 6 rings (SSSR count). The van der Waals surface area contributed by atoms with Crippen LogP contribution < -0.4 is 30.2 Å². The summed E-state index contributed by atoms with van der Waals surface area (Å²) in [6.07, 6.45) is 2.03. The summed E-state index contributed by atoms with van der Waals surface area (Å²) in [5.74, 6) is -1.23. The van der Waals surface area contributed by atoms with Gasteiger partial charge in [0.2, 0.25) is 11.3 Å². The van der Waals surface area contributed by atoms with Crippen LogP contribution in [-0.2, 0) is 9.53 Å². The first-order chi connectivity index (χ1) is 20.7. The standard InChI is InChI=1S/C30H32FN5O7/c1-16(37)32-13-19-15-36(30(41)43-19)18-5-6-24(23(31)11-18)34-7-9-35(10-8-34)26-20(17-3-4-17)12-21-25(28(26)42-2)33-14-22(27(21)38)29(39)40/h5-6,11-12,14,17,19H,3-4,7-10,13,15H2,1-2H3,(H,32,37)(H,33,38)(H,39,40)/t19-/m0/s1. The molecule has 3 heterocycles. The number of halogens is 1. The van der Waals surface area contributed by atoms with Gasteiger partial charge in [-0.05, 0) is 48.6 Å². The number of hydrogen-bond acceptors (Lipinski definition) is 8. The molecular weight excluding hydrogens is 561 g/mol. The second kappa shape index (κ2) is 11.1. The molecular formula is C30H32FN5O7. The third-order valence-corrected chi connectivity index (χ3v) is 8.22. The summed E-state index contributed by atoms with van der Waals surface area (Å²) in [6.45, 7) is 3.92. The molecule has 0 bridgehead atoms. The van der Waals surface area contributed by atoms with Crippen LogP contribution in [0.5, 0.6) is 5.75 Å². The molecule has 0 unspecified atom stereocenters. The van der Waals surface area contributed by atoms with Crippen molar-refractivity contribution in [3.8, 4) is 5.75 Å². The van der Waals surface area contributed by atoms with E-state index in [4.69, 9.17) is 9.47 Å². The average Bonchev–Trinajstić information content (AvgIpc) is 3.76. The van der Waals surface area contributed by atoms with Crippen molar-refractivity contribution >= 4 is 45.9 Å². The van der Waals surface area contributed by atoms with Crippen LogP contribution in [0.2, 0.25) is 0 Å². The van der Waals surface area contributed by atoms with Crippen molar-refractivity contribution < 1.29 is 33.4 Å². The topological polar surface area (TPSA) is 145 Å². The lowest BCUT2D eigenvalue weighted by molar-refractivity contribution is -0.119. The molecule has 13 heteroatoms. The Morgan fingerprint density at radius 2 is 1.86 bits per heavy atom. The van der Waals surface area contributed by atoms with Gasteiger partial charge in [-0.25, -0.2) is 14.0 Å². The van der Waals surface area contributed by atoms with Crippen LogP contribution in [0.25, 0.3) is 10.9 Å². The molecule has 1 atom stereocenters. The summed E-state index contributed by atoms with van der Waals surface area (Å²) in [7, 11) is 1.53. The number of fused-ring (bicyclic) bond motifs is 1. The normalized spacial score (nSPS) is 18.6. The maximum Gasteiger partial charge on any atom is 0.414 e. The Labute approximate surface area is 246 Å². The van der Waals surface area contributed by atoms with Crippen molar-refractivity contribution in [1.29, 1.82) is 0 Å². The number of ether oxygens (including phenoxy) is 2. The van der Waals surface area contributed by atoms with Crippen molar-refractivity contribution in [2.24, 2.45) is 0 Å². The Balaban J connectivity index is 1.21. The number of cyclic esters (lactones) is 1. The van der Waals surface area contributed by atoms with E-state index >= 15 is 4.39 Å². The van der Waals surface area contributed by atoms with Gasteiger partial charge in [0.05, 0.1) is 48.2 Å². The lowest BCUT2D eigenvalue weighted by Gasteiger charge is -2.39. The fourth-order valence-corrected chi connectivity index (χ4v) is 5.92. The highest BCUT2D eigenvalue weighted by Gasteiger charge is 2.35. The summed E-state index contributed by atoms with van der Waals surface area (Å²) in [5.41, 5.74) is 2.19. The number of amides is 2. The summed E-state index contributed by atoms with van der Waals surface area (Å²) < 4.78 is 26.5. The molecule has 1 saturated carbocycles. The number of aromatic amines is 1. The summed E-state index contributed by atoms with van der Waals surface area (Å²) in [6, 6.07) is 6.46. The highest BCUT2D eigenvalue weighted by molar-refractivity contribution is 5.97. The zero-order valence-corrected chi connectivity index (χ0v) is 23.8. The number of carboxylic acid groups (broad SMARTS) is 1. The number of nitrogens with one attached hydrogen (secondary N) is 2. The van der Waals surface area contributed by atoms with Crippen molar-refractivity contribution in [1.82, 2.24) is 10.3 Å². The number of H-pyrrole nitrogens is 1. The Kier molecular flexibility index (Phi) is 7.32. The van der Waals surface area contributed by atoms with Gasteiger partial charge in [0, 0.05) is 39.3 Å². The van der Waals surface area contributed by atoms with Gasteiger partial charge in [-0.15, -0.1) is 0 Å². The zero-order chi connectivity index (χ0) is 30.4. The SMILES string of the molecule is COc1c(N2CCN(c3ccc(N4C[C@H](CNC(C)=O)OC4=O)cc3F)CC2)c(C2CC2)cc2c(=O)c(C(=O)O)c[nH]c12. The van der Waals surface area contributed by atoms with Gasteiger partial charge < -0.3 is 34.7 Å². The lowest BCUT2D eigenvalue weighted by atomic mass is 10.00. The summed E-state index contributed by atoms with van der Waals surface area (Å²) in [5, 5.41) is 12.3. The molecule has 1 aromatic heterocycles. The minimum Gasteiger partial charge on any atom is -0.492 e. The van der Waals surface area contributed by atoms with Gasteiger partial charge >= 0.3 is 12.1 Å². The number of methoxy groups -OCH3 is 1. The fraction of sp³-hybridized carbons (Fsp3) is 0.400. The summed E-state index contributed by atoms with van der Waals surface area (Å²) >= 11 is 0. The number of pyridine rings is 1. The van der Waals surface area contributed by atoms with Crippen molar-refractivity contribution in [2.45, 2.75) is 31.8 Å². The van der Waals surface area contributed by atoms with E-state index < -0.39 is 29.4 Å². The molecule has 2 aliphatic heterocycles. The first-order valence-electron chi connectivity index (χ1n) is 14.2. The molecule has 2 saturated heterocycles. The maximum atomic E-state index is 15.4. The van der Waals surface area contributed by atoms with E-state index in [1.54, 1.807) is 18.2 Å². The second-order valence-corrected chi connectivity index (χ2v) is 11.0. The highest BCUT2D eigenvalue weighted by atomic mass is 19.1. The first-order valence-corrected chi connectivity index (χ1v) is 14.2. The number of aromatic carboxylic acids is 1. The zero-order valence-electron chi connectivity index (χ0n) is 23.8. The molecule has 226 valence electrons. The van der Waals surface area contributed by atoms with Gasteiger partial charge in [-0.3, -0.25) is 14.5 Å². The Hall–Kier alpha value is -4.81. The first kappa shape index (κ1) is 28.3. The number of hydrogen-bond donors (Lipinski definition) is 3. The second-order valence-electron chi connectivity index (χ2n) is 11.0. The van der Waals surface area contributed by atoms with E-state index in [0.717, 1.165) is 24.1 Å². The Bertz CT molecular complexity index is 1680. The van der Waals surface area contributed by atoms with Crippen LogP contribution in [-0.4, -0.2) is 80.5 Å². The molecule has 0 radical (unpaired) electrons. The van der Waals surface area contributed by atoms with Crippen LogP contribution >= 0.6 is 0 Å². The number of carbonyl (C=O) groups is 3. The van der Waals surface area contributed by atoms with Gasteiger partial charge in [-0.1, -0.05) is 0 Å². The van der Waals surface area contributed by atoms with Crippen LogP contribution in [0.4, 0.5) is 26.2 Å².